The summed E-state index contributed by atoms with van der Waals surface area (Å²) in [6.45, 7) is 1.94. The molecule has 0 aromatic rings. The quantitative estimate of drug-likeness (QED) is 0.277. The molecule has 0 aromatic carbocycles. The Morgan fingerprint density at radius 1 is 0.906 bits per heavy atom. The van der Waals surface area contributed by atoms with E-state index in [9.17, 15) is 39.6 Å². The number of carbonyl (C=O) groups is 4. The minimum Gasteiger partial charge on any atom is -0.550 e. The molecule has 3 aliphatic carbocycles. The molecule has 0 saturated heterocycles. The number of rotatable bonds is 6. The van der Waals surface area contributed by atoms with Crippen LogP contribution in [0.25, 0.3) is 0 Å². The number of unbranched alkanes of at least 4 members (excludes halogenated alkanes) is 1. The molecular weight excluding hydrogens is 427 g/mol. The summed E-state index contributed by atoms with van der Waals surface area (Å²) in [6.07, 6.45) is 0.437. The number of aliphatic hydroxyl groups is 3. The molecule has 174 valence electrons. The summed E-state index contributed by atoms with van der Waals surface area (Å²) in [5, 5.41) is 42.4. The first-order chi connectivity index (χ1) is 14.7. The first-order valence-corrected chi connectivity index (χ1v) is 11.6. The van der Waals surface area contributed by atoms with E-state index in [0.29, 0.717) is 12.8 Å². The van der Waals surface area contributed by atoms with Crippen molar-refractivity contribution >= 4 is 23.3 Å². The molecule has 8 atom stereocenters. The van der Waals surface area contributed by atoms with Crippen LogP contribution in [0.3, 0.4) is 0 Å². The monoisotopic (exact) mass is 460 g/mol. The fraction of sp³-hybridized carbons (Fsp3) is 0.826. The summed E-state index contributed by atoms with van der Waals surface area (Å²) in [5.74, 6) is -9.16. The van der Waals surface area contributed by atoms with Gasteiger partial charge < -0.3 is 25.2 Å². The Morgan fingerprint density at radius 3 is 2.06 bits per heavy atom. The average molecular weight is 460 g/mol. The van der Waals surface area contributed by atoms with Crippen molar-refractivity contribution in [2.24, 2.45) is 35.5 Å². The van der Waals surface area contributed by atoms with Crippen LogP contribution in [0.4, 0.5) is 0 Å². The van der Waals surface area contributed by atoms with E-state index >= 15 is 0 Å². The molecular formula is C23H33NaO8. The molecule has 0 radical (unpaired) electrons. The van der Waals surface area contributed by atoms with E-state index in [4.69, 9.17) is 0 Å². The zero-order valence-electron chi connectivity index (χ0n) is 18.9. The second-order valence-electron chi connectivity index (χ2n) is 9.55. The first kappa shape index (κ1) is 27.6. The van der Waals surface area contributed by atoms with Crippen molar-refractivity contribution in [2.75, 3.05) is 0 Å². The van der Waals surface area contributed by atoms with Gasteiger partial charge in [0.15, 0.2) is 17.3 Å². The van der Waals surface area contributed by atoms with E-state index in [2.05, 4.69) is 0 Å². The topological polar surface area (TPSA) is 152 Å². The van der Waals surface area contributed by atoms with Crippen LogP contribution in [0.5, 0.6) is 0 Å². The van der Waals surface area contributed by atoms with Crippen LogP contribution in [0.15, 0.2) is 0 Å². The molecule has 3 N–H and O–H groups in total. The molecule has 0 amide bonds. The molecule has 0 heterocycles. The van der Waals surface area contributed by atoms with Gasteiger partial charge in [0.2, 0.25) is 0 Å². The van der Waals surface area contributed by atoms with Crippen molar-refractivity contribution < 1.29 is 69.2 Å². The molecule has 8 nitrogen and oxygen atoms in total. The van der Waals surface area contributed by atoms with Crippen molar-refractivity contribution in [3.63, 3.8) is 0 Å². The summed E-state index contributed by atoms with van der Waals surface area (Å²) >= 11 is 0. The van der Waals surface area contributed by atoms with Gasteiger partial charge in [0.1, 0.15) is 6.10 Å². The van der Waals surface area contributed by atoms with Crippen LogP contribution in [0, 0.1) is 35.5 Å². The first-order valence-electron chi connectivity index (χ1n) is 11.6. The van der Waals surface area contributed by atoms with Crippen LogP contribution >= 0.6 is 0 Å². The van der Waals surface area contributed by atoms with Gasteiger partial charge >= 0.3 is 29.6 Å². The third-order valence-electron chi connectivity index (χ3n) is 7.69. The summed E-state index contributed by atoms with van der Waals surface area (Å²) in [4.78, 5) is 51.6. The number of Topliss-reactive ketones (excluding diaryl/α,β-unsaturated/α-hetero) is 3. The third-order valence-corrected chi connectivity index (χ3v) is 7.69. The van der Waals surface area contributed by atoms with Gasteiger partial charge in [-0.05, 0) is 31.6 Å². The second kappa shape index (κ2) is 11.7. The van der Waals surface area contributed by atoms with E-state index in [0.717, 1.165) is 38.5 Å². The van der Waals surface area contributed by atoms with Gasteiger partial charge in [-0.15, -0.1) is 0 Å². The molecule has 0 spiro atoms. The summed E-state index contributed by atoms with van der Waals surface area (Å²) in [7, 11) is 0. The minimum atomic E-state index is -1.82. The second-order valence-corrected chi connectivity index (χ2v) is 9.55. The SMILES string of the molecule is CCCCC1C(=O)C(C2CCCCC2)C(=O)C(C2CC(C(=O)[O-])C(O)C(O)C2O)C1=O.[Na+]. The number of carboxylic acid groups (broad SMARTS) is 1. The van der Waals surface area contributed by atoms with Crippen molar-refractivity contribution in [1.29, 1.82) is 0 Å². The summed E-state index contributed by atoms with van der Waals surface area (Å²) in [6, 6.07) is 0. The van der Waals surface area contributed by atoms with Gasteiger partial charge in [0.25, 0.3) is 0 Å². The van der Waals surface area contributed by atoms with Crippen LogP contribution in [0.1, 0.15) is 64.7 Å². The molecule has 3 fully saturated rings. The average Bonchev–Trinajstić information content (AvgIpc) is 2.74. The Hall–Kier alpha value is -0.640. The van der Waals surface area contributed by atoms with E-state index in [1.807, 2.05) is 6.92 Å². The Balaban J connectivity index is 0.00000363. The Morgan fingerprint density at radius 2 is 1.50 bits per heavy atom. The fourth-order valence-corrected chi connectivity index (χ4v) is 5.93. The summed E-state index contributed by atoms with van der Waals surface area (Å²) in [5.41, 5.74) is 0. The molecule has 3 aliphatic rings. The van der Waals surface area contributed by atoms with E-state index < -0.39 is 65.4 Å². The predicted octanol–water partition coefficient (Wildman–Crippen LogP) is -3.20. The zero-order valence-corrected chi connectivity index (χ0v) is 20.9. The Labute approximate surface area is 210 Å². The van der Waals surface area contributed by atoms with Crippen LogP contribution < -0.4 is 34.7 Å². The molecule has 8 unspecified atom stereocenters. The number of hydrogen-bond acceptors (Lipinski definition) is 8. The maximum absolute atomic E-state index is 13.5. The molecule has 3 rings (SSSR count). The number of carbonyl (C=O) groups excluding carboxylic acids is 4. The molecule has 0 bridgehead atoms. The number of hydrogen-bond donors (Lipinski definition) is 3. The van der Waals surface area contributed by atoms with Crippen molar-refractivity contribution in [2.45, 2.75) is 83.0 Å². The van der Waals surface area contributed by atoms with Gasteiger partial charge in [0, 0.05) is 17.8 Å². The molecule has 9 heteroatoms. The normalized spacial score (nSPS) is 38.9. The van der Waals surface area contributed by atoms with Crippen LogP contribution in [0.2, 0.25) is 0 Å². The smallest absolute Gasteiger partial charge is 0.550 e. The van der Waals surface area contributed by atoms with Crippen LogP contribution in [-0.2, 0) is 19.2 Å². The van der Waals surface area contributed by atoms with Crippen LogP contribution in [-0.4, -0.2) is 57.0 Å². The maximum Gasteiger partial charge on any atom is 1.00 e. The van der Waals surface area contributed by atoms with E-state index in [1.165, 1.54) is 0 Å². The molecule has 0 aliphatic heterocycles. The zero-order chi connectivity index (χ0) is 22.9. The number of aliphatic carboxylic acids is 1. The van der Waals surface area contributed by atoms with Gasteiger partial charge in [-0.3, -0.25) is 14.4 Å². The van der Waals surface area contributed by atoms with E-state index in [1.54, 1.807) is 0 Å². The Bertz CT molecular complexity index is 719. The molecule has 0 aromatic heterocycles. The standard InChI is InChI=1S/C23H34O8.Na/c1-2-3-9-12-17(24)15(11-7-5-4-6-8-11)21(28)16(18(12)25)13-10-14(23(30)31)20(27)22(29)19(13)26;/h11-16,19-20,22,26-27,29H,2-10H2,1H3,(H,30,31);/q;+1/p-1. The van der Waals surface area contributed by atoms with Crippen molar-refractivity contribution in [3.8, 4) is 0 Å². The van der Waals surface area contributed by atoms with E-state index in [-0.39, 0.29) is 47.7 Å². The number of aliphatic hydroxyl groups excluding tert-OH is 3. The number of ketones is 3. The predicted molar refractivity (Wildman–Crippen MR) is 106 cm³/mol. The third kappa shape index (κ3) is 5.20. The van der Waals surface area contributed by atoms with Gasteiger partial charge in [-0.2, -0.15) is 0 Å². The van der Waals surface area contributed by atoms with Gasteiger partial charge in [0.05, 0.1) is 30.0 Å². The maximum atomic E-state index is 13.5. The van der Waals surface area contributed by atoms with Crippen molar-refractivity contribution in [1.82, 2.24) is 0 Å². The summed E-state index contributed by atoms with van der Waals surface area (Å²) < 4.78 is 0. The molecule has 3 saturated carbocycles. The fourth-order valence-electron chi connectivity index (χ4n) is 5.93. The Kier molecular flexibility index (Phi) is 10.1. The van der Waals surface area contributed by atoms with Gasteiger partial charge in [-0.25, -0.2) is 0 Å². The molecule has 32 heavy (non-hydrogen) atoms. The number of carboxylic acids is 1. The van der Waals surface area contributed by atoms with Crippen molar-refractivity contribution in [3.05, 3.63) is 0 Å². The largest absolute Gasteiger partial charge is 1.00 e. The van der Waals surface area contributed by atoms with Gasteiger partial charge in [-0.1, -0.05) is 39.0 Å². The minimum absolute atomic E-state index is 0.